The van der Waals surface area contributed by atoms with Crippen molar-refractivity contribution in [1.29, 1.82) is 0 Å². The lowest BCUT2D eigenvalue weighted by atomic mass is 10.2. The number of aromatic nitrogens is 3. The van der Waals surface area contributed by atoms with Crippen LogP contribution in [0.3, 0.4) is 0 Å². The van der Waals surface area contributed by atoms with E-state index >= 15 is 0 Å². The van der Waals surface area contributed by atoms with Crippen LogP contribution < -0.4 is 5.32 Å². The van der Waals surface area contributed by atoms with Gasteiger partial charge in [0.25, 0.3) is 0 Å². The fraction of sp³-hybridized carbons (Fsp3) is 0.357. The van der Waals surface area contributed by atoms with Crippen LogP contribution in [0.2, 0.25) is 5.15 Å². The van der Waals surface area contributed by atoms with Gasteiger partial charge in [0.2, 0.25) is 0 Å². The lowest BCUT2D eigenvalue weighted by Crippen LogP contribution is -2.26. The number of nitrogens with one attached hydrogen (secondary N) is 1. The minimum atomic E-state index is 0.435. The average Bonchev–Trinajstić information content (AvgIpc) is 2.90. The van der Waals surface area contributed by atoms with Crippen LogP contribution in [0.1, 0.15) is 12.0 Å². The molecule has 1 unspecified atom stereocenters. The van der Waals surface area contributed by atoms with Gasteiger partial charge in [-0.1, -0.05) is 17.7 Å². The Morgan fingerprint density at radius 1 is 1.30 bits per heavy atom. The third-order valence-electron chi connectivity index (χ3n) is 3.40. The minimum absolute atomic E-state index is 0.435. The van der Waals surface area contributed by atoms with Crippen LogP contribution >= 0.6 is 11.6 Å². The minimum Gasteiger partial charge on any atom is -0.366 e. The van der Waals surface area contributed by atoms with Crippen LogP contribution in [0.25, 0.3) is 0 Å². The van der Waals surface area contributed by atoms with E-state index in [4.69, 9.17) is 11.6 Å². The highest BCUT2D eigenvalue weighted by Crippen LogP contribution is 2.16. The summed E-state index contributed by atoms with van der Waals surface area (Å²) < 4.78 is 0. The van der Waals surface area contributed by atoms with E-state index in [-0.39, 0.29) is 0 Å². The van der Waals surface area contributed by atoms with Gasteiger partial charge in [-0.15, -0.1) is 0 Å². The van der Waals surface area contributed by atoms with Crippen molar-refractivity contribution >= 4 is 17.4 Å². The van der Waals surface area contributed by atoms with E-state index < -0.39 is 0 Å². The monoisotopic (exact) mass is 289 g/mol. The summed E-state index contributed by atoms with van der Waals surface area (Å²) >= 11 is 5.79. The number of hydrogen-bond acceptors (Lipinski definition) is 5. The van der Waals surface area contributed by atoms with E-state index in [9.17, 15) is 0 Å². The lowest BCUT2D eigenvalue weighted by Gasteiger charge is -2.16. The molecule has 2 aromatic heterocycles. The van der Waals surface area contributed by atoms with Crippen molar-refractivity contribution in [2.24, 2.45) is 0 Å². The Morgan fingerprint density at radius 3 is 3.00 bits per heavy atom. The molecule has 20 heavy (non-hydrogen) atoms. The molecule has 3 rings (SSSR count). The first kappa shape index (κ1) is 13.3. The number of hydrogen-bond donors (Lipinski definition) is 1. The van der Waals surface area contributed by atoms with Crippen molar-refractivity contribution in [2.75, 3.05) is 18.4 Å². The Kier molecular flexibility index (Phi) is 4.08. The maximum atomic E-state index is 5.79. The van der Waals surface area contributed by atoms with Gasteiger partial charge in [0.05, 0.1) is 0 Å². The molecule has 1 fully saturated rings. The number of rotatable bonds is 4. The molecule has 0 aliphatic carbocycles. The number of halogens is 1. The fourth-order valence-electron chi connectivity index (χ4n) is 2.44. The summed E-state index contributed by atoms with van der Waals surface area (Å²) in [7, 11) is 0. The molecule has 0 spiro atoms. The van der Waals surface area contributed by atoms with E-state index in [0.717, 1.165) is 31.9 Å². The SMILES string of the molecule is Clc1ccc(CN2CCC(Nc3ccncn3)C2)cn1. The molecular weight excluding hydrogens is 274 g/mol. The highest BCUT2D eigenvalue weighted by Gasteiger charge is 2.22. The highest BCUT2D eigenvalue weighted by molar-refractivity contribution is 6.29. The van der Waals surface area contributed by atoms with Gasteiger partial charge in [0, 0.05) is 38.1 Å². The number of pyridine rings is 1. The molecule has 0 bridgehead atoms. The second kappa shape index (κ2) is 6.15. The molecule has 0 saturated carbocycles. The third-order valence-corrected chi connectivity index (χ3v) is 3.62. The van der Waals surface area contributed by atoms with Gasteiger partial charge in [-0.25, -0.2) is 15.0 Å². The van der Waals surface area contributed by atoms with Crippen molar-refractivity contribution in [1.82, 2.24) is 19.9 Å². The molecule has 0 radical (unpaired) electrons. The summed E-state index contributed by atoms with van der Waals surface area (Å²) in [5.74, 6) is 0.889. The molecule has 3 heterocycles. The first-order valence-corrected chi connectivity index (χ1v) is 7.03. The van der Waals surface area contributed by atoms with Gasteiger partial charge in [0.15, 0.2) is 0 Å². The zero-order chi connectivity index (χ0) is 13.8. The smallest absolute Gasteiger partial charge is 0.129 e. The van der Waals surface area contributed by atoms with E-state index in [0.29, 0.717) is 11.2 Å². The predicted molar refractivity (Wildman–Crippen MR) is 78.6 cm³/mol. The van der Waals surface area contributed by atoms with Gasteiger partial charge in [-0.2, -0.15) is 0 Å². The first-order valence-electron chi connectivity index (χ1n) is 6.65. The van der Waals surface area contributed by atoms with E-state index in [1.165, 1.54) is 5.56 Å². The lowest BCUT2D eigenvalue weighted by molar-refractivity contribution is 0.328. The molecule has 1 aliphatic rings. The van der Waals surface area contributed by atoms with Crippen LogP contribution in [0.5, 0.6) is 0 Å². The van der Waals surface area contributed by atoms with Crippen molar-refractivity contribution in [3.63, 3.8) is 0 Å². The molecule has 1 saturated heterocycles. The van der Waals surface area contributed by atoms with Crippen LogP contribution in [-0.4, -0.2) is 39.0 Å². The van der Waals surface area contributed by atoms with Crippen molar-refractivity contribution in [2.45, 2.75) is 19.0 Å². The van der Waals surface area contributed by atoms with Crippen LogP contribution in [0, 0.1) is 0 Å². The molecule has 0 aromatic carbocycles. The third kappa shape index (κ3) is 3.43. The van der Waals surface area contributed by atoms with Crippen LogP contribution in [0.15, 0.2) is 36.9 Å². The molecule has 5 nitrogen and oxygen atoms in total. The first-order chi connectivity index (χ1) is 9.79. The topological polar surface area (TPSA) is 53.9 Å². The van der Waals surface area contributed by atoms with Crippen molar-refractivity contribution in [3.05, 3.63) is 47.6 Å². The summed E-state index contributed by atoms with van der Waals surface area (Å²) in [6.45, 7) is 2.99. The Balaban J connectivity index is 1.53. The number of nitrogens with zero attached hydrogens (tertiary/aromatic N) is 4. The Labute approximate surface area is 123 Å². The molecule has 104 valence electrons. The normalized spacial score (nSPS) is 19.1. The summed E-state index contributed by atoms with van der Waals surface area (Å²) in [5.41, 5.74) is 1.19. The summed E-state index contributed by atoms with van der Waals surface area (Å²) in [6, 6.07) is 6.20. The fourth-order valence-corrected chi connectivity index (χ4v) is 2.55. The zero-order valence-electron chi connectivity index (χ0n) is 11.0. The molecule has 1 N–H and O–H groups in total. The van der Waals surface area contributed by atoms with Gasteiger partial charge < -0.3 is 5.32 Å². The molecule has 6 heteroatoms. The standard InChI is InChI=1S/C14H16ClN5/c15-13-2-1-11(7-17-13)8-20-6-4-12(9-20)19-14-3-5-16-10-18-14/h1-3,5,7,10,12H,4,6,8-9H2,(H,16,18,19). The molecular formula is C14H16ClN5. The van der Waals surface area contributed by atoms with Gasteiger partial charge >= 0.3 is 0 Å². The van der Waals surface area contributed by atoms with Crippen LogP contribution in [-0.2, 0) is 6.54 Å². The molecule has 0 amide bonds. The van der Waals surface area contributed by atoms with E-state index in [1.807, 2.05) is 24.4 Å². The number of anilines is 1. The van der Waals surface area contributed by atoms with Crippen molar-refractivity contribution < 1.29 is 0 Å². The molecule has 1 atom stereocenters. The largest absolute Gasteiger partial charge is 0.366 e. The predicted octanol–water partition coefficient (Wildman–Crippen LogP) is 2.21. The van der Waals surface area contributed by atoms with Gasteiger partial charge in [-0.05, 0) is 24.1 Å². The van der Waals surface area contributed by atoms with Gasteiger partial charge in [-0.3, -0.25) is 4.90 Å². The van der Waals surface area contributed by atoms with E-state index in [2.05, 4.69) is 25.2 Å². The van der Waals surface area contributed by atoms with Gasteiger partial charge in [0.1, 0.15) is 17.3 Å². The quantitative estimate of drug-likeness (QED) is 0.875. The van der Waals surface area contributed by atoms with E-state index in [1.54, 1.807) is 12.5 Å². The maximum Gasteiger partial charge on any atom is 0.129 e. The zero-order valence-corrected chi connectivity index (χ0v) is 11.8. The second-order valence-corrected chi connectivity index (χ2v) is 5.34. The summed E-state index contributed by atoms with van der Waals surface area (Å²) in [4.78, 5) is 14.6. The highest BCUT2D eigenvalue weighted by atomic mass is 35.5. The second-order valence-electron chi connectivity index (χ2n) is 4.95. The Hall–Kier alpha value is -1.72. The summed E-state index contributed by atoms with van der Waals surface area (Å²) in [6.07, 6.45) is 6.27. The molecule has 2 aromatic rings. The van der Waals surface area contributed by atoms with Crippen LogP contribution in [0.4, 0.5) is 5.82 Å². The Morgan fingerprint density at radius 2 is 2.25 bits per heavy atom. The summed E-state index contributed by atoms with van der Waals surface area (Å²) in [5, 5.41) is 3.98. The Bertz CT molecular complexity index is 545. The molecule has 1 aliphatic heterocycles. The van der Waals surface area contributed by atoms with Crippen molar-refractivity contribution in [3.8, 4) is 0 Å². The average molecular weight is 290 g/mol. The maximum absolute atomic E-state index is 5.79. The number of likely N-dealkylation sites (tertiary alicyclic amines) is 1.